The fourth-order valence-electron chi connectivity index (χ4n) is 8.57. The van der Waals surface area contributed by atoms with Crippen molar-refractivity contribution in [1.29, 1.82) is 0 Å². The summed E-state index contributed by atoms with van der Waals surface area (Å²) >= 11 is 0. The zero-order valence-electron chi connectivity index (χ0n) is 33.4. The Balaban J connectivity index is 1.04. The van der Waals surface area contributed by atoms with Crippen molar-refractivity contribution in [3.63, 3.8) is 0 Å². The first kappa shape index (κ1) is 36.0. The van der Waals surface area contributed by atoms with E-state index in [-0.39, 0.29) is 0 Å². The molecule has 61 heavy (non-hydrogen) atoms. The molecular formula is C58H39N3. The van der Waals surface area contributed by atoms with E-state index in [1.165, 1.54) is 38.9 Å². The zero-order chi connectivity index (χ0) is 40.5. The highest BCUT2D eigenvalue weighted by Gasteiger charge is 2.21. The van der Waals surface area contributed by atoms with Gasteiger partial charge in [0.05, 0.1) is 16.7 Å². The van der Waals surface area contributed by atoms with Crippen molar-refractivity contribution in [2.24, 2.45) is 0 Å². The van der Waals surface area contributed by atoms with E-state index in [0.717, 1.165) is 61.1 Å². The van der Waals surface area contributed by atoms with Gasteiger partial charge >= 0.3 is 0 Å². The Kier molecular flexibility index (Phi) is 9.18. The highest BCUT2D eigenvalue weighted by molar-refractivity contribution is 6.11. The number of para-hydroxylation sites is 2. The molecule has 9 aromatic carbocycles. The summed E-state index contributed by atoms with van der Waals surface area (Å²) in [7, 11) is 0. The number of aromatic nitrogens is 3. The third kappa shape index (κ3) is 6.88. The van der Waals surface area contributed by atoms with E-state index in [2.05, 4.69) is 241 Å². The van der Waals surface area contributed by atoms with Crippen molar-refractivity contribution in [3.05, 3.63) is 237 Å². The van der Waals surface area contributed by atoms with Crippen LogP contribution in [0.4, 0.5) is 0 Å². The van der Waals surface area contributed by atoms with Crippen LogP contribution in [-0.4, -0.2) is 14.5 Å². The van der Waals surface area contributed by atoms with Crippen molar-refractivity contribution in [3.8, 4) is 84.0 Å². The highest BCUT2D eigenvalue weighted by atomic mass is 15.0. The molecule has 2 heterocycles. The fourth-order valence-corrected chi connectivity index (χ4v) is 8.57. The molecule has 11 rings (SSSR count). The lowest BCUT2D eigenvalue weighted by Gasteiger charge is -2.13. The Labute approximate surface area is 355 Å². The number of rotatable bonds is 8. The predicted octanol–water partition coefficient (Wildman–Crippen LogP) is 15.2. The van der Waals surface area contributed by atoms with Crippen LogP contribution in [0, 0.1) is 0 Å². The van der Waals surface area contributed by atoms with E-state index >= 15 is 0 Å². The monoisotopic (exact) mass is 777 g/mol. The maximum atomic E-state index is 5.49. The van der Waals surface area contributed by atoms with Gasteiger partial charge in [-0.3, -0.25) is 0 Å². The fraction of sp³-hybridized carbons (Fsp3) is 0. The van der Waals surface area contributed by atoms with Gasteiger partial charge < -0.3 is 4.57 Å². The predicted molar refractivity (Wildman–Crippen MR) is 254 cm³/mol. The summed E-state index contributed by atoms with van der Waals surface area (Å²) in [5, 5.41) is 1.09. The number of hydrogen-bond donors (Lipinski definition) is 0. The average molecular weight is 778 g/mol. The van der Waals surface area contributed by atoms with Crippen LogP contribution in [0.2, 0.25) is 0 Å². The maximum Gasteiger partial charge on any atom is 0.160 e. The average Bonchev–Trinajstić information content (AvgIpc) is 3.69. The van der Waals surface area contributed by atoms with Crippen LogP contribution in [0.3, 0.4) is 0 Å². The molecule has 0 atom stereocenters. The SMILES string of the molecule is c1ccc(-c2cccc(-c3ccc(-c4nc(-c5cccc(-c6cccc(-c7cccc(-c8ccccc8)c7)c6)c5)nc5c6ccccc6n(-c6ccccc6)c45)cc3)c2)cc1. The molecule has 0 unspecified atom stereocenters. The van der Waals surface area contributed by atoms with Crippen LogP contribution in [0.15, 0.2) is 237 Å². The Hall–Kier alpha value is -8.14. The van der Waals surface area contributed by atoms with Gasteiger partial charge in [0.2, 0.25) is 0 Å². The zero-order valence-corrected chi connectivity index (χ0v) is 33.4. The Morgan fingerprint density at radius 2 is 0.656 bits per heavy atom. The molecule has 2 aromatic heterocycles. The van der Waals surface area contributed by atoms with E-state index < -0.39 is 0 Å². The van der Waals surface area contributed by atoms with Gasteiger partial charge in [0.25, 0.3) is 0 Å². The summed E-state index contributed by atoms with van der Waals surface area (Å²) in [6.45, 7) is 0. The van der Waals surface area contributed by atoms with Crippen molar-refractivity contribution in [2.45, 2.75) is 0 Å². The maximum absolute atomic E-state index is 5.49. The molecule has 0 aliphatic rings. The molecule has 0 spiro atoms. The molecule has 0 saturated heterocycles. The van der Waals surface area contributed by atoms with Crippen LogP contribution in [0.5, 0.6) is 0 Å². The summed E-state index contributed by atoms with van der Waals surface area (Å²) in [5.74, 6) is 0.687. The lowest BCUT2D eigenvalue weighted by Crippen LogP contribution is -2.00. The van der Waals surface area contributed by atoms with Gasteiger partial charge in [-0.25, -0.2) is 9.97 Å². The molecule has 0 saturated carbocycles. The molecule has 0 fully saturated rings. The molecule has 286 valence electrons. The van der Waals surface area contributed by atoms with Crippen LogP contribution < -0.4 is 0 Å². The van der Waals surface area contributed by atoms with Crippen molar-refractivity contribution in [2.75, 3.05) is 0 Å². The first-order valence-electron chi connectivity index (χ1n) is 20.7. The molecular weight excluding hydrogens is 739 g/mol. The molecule has 0 bridgehead atoms. The van der Waals surface area contributed by atoms with Crippen LogP contribution in [-0.2, 0) is 0 Å². The Bertz CT molecular complexity index is 3330. The van der Waals surface area contributed by atoms with Crippen LogP contribution >= 0.6 is 0 Å². The quantitative estimate of drug-likeness (QED) is 0.154. The summed E-state index contributed by atoms with van der Waals surface area (Å²) in [6, 6.07) is 84.0. The second-order valence-electron chi connectivity index (χ2n) is 15.4. The van der Waals surface area contributed by atoms with Gasteiger partial charge in [-0.15, -0.1) is 0 Å². The van der Waals surface area contributed by atoms with Crippen molar-refractivity contribution in [1.82, 2.24) is 14.5 Å². The summed E-state index contributed by atoms with van der Waals surface area (Å²) in [6.07, 6.45) is 0. The smallest absolute Gasteiger partial charge is 0.160 e. The van der Waals surface area contributed by atoms with Gasteiger partial charge in [0.1, 0.15) is 5.52 Å². The molecule has 0 aliphatic heterocycles. The summed E-state index contributed by atoms with van der Waals surface area (Å²) < 4.78 is 2.32. The minimum atomic E-state index is 0.687. The number of fused-ring (bicyclic) bond motifs is 3. The van der Waals surface area contributed by atoms with E-state index in [1.54, 1.807) is 0 Å². The minimum absolute atomic E-state index is 0.687. The molecule has 3 heteroatoms. The molecule has 11 aromatic rings. The summed E-state index contributed by atoms with van der Waals surface area (Å²) in [4.78, 5) is 10.9. The normalized spacial score (nSPS) is 11.3. The number of benzene rings is 9. The van der Waals surface area contributed by atoms with Gasteiger partial charge in [0, 0.05) is 22.2 Å². The van der Waals surface area contributed by atoms with Gasteiger partial charge in [-0.2, -0.15) is 0 Å². The molecule has 0 amide bonds. The van der Waals surface area contributed by atoms with Gasteiger partial charge in [-0.05, 0) is 98.1 Å². The topological polar surface area (TPSA) is 30.7 Å². The van der Waals surface area contributed by atoms with Gasteiger partial charge in [0.15, 0.2) is 5.82 Å². The third-order valence-corrected chi connectivity index (χ3v) is 11.6. The largest absolute Gasteiger partial charge is 0.306 e. The van der Waals surface area contributed by atoms with Crippen LogP contribution in [0.25, 0.3) is 106 Å². The molecule has 0 radical (unpaired) electrons. The minimum Gasteiger partial charge on any atom is -0.306 e. The standard InChI is InChI=1S/C58H39N3/c1-4-16-40(17-5-1)44-20-12-22-46(36-44)42-32-34-43(35-33-42)55-57-56(53-30-10-11-31-54(53)61(57)52-28-8-3-9-29-52)60-58(59-55)51-27-15-26-50(39-51)49-25-14-24-48(38-49)47-23-13-21-45(37-47)41-18-6-2-7-19-41/h1-39H. The van der Waals surface area contributed by atoms with E-state index in [4.69, 9.17) is 9.97 Å². The second-order valence-corrected chi connectivity index (χ2v) is 15.4. The highest BCUT2D eigenvalue weighted by Crippen LogP contribution is 2.39. The molecule has 0 N–H and O–H groups in total. The molecule has 3 nitrogen and oxygen atoms in total. The van der Waals surface area contributed by atoms with Crippen molar-refractivity contribution >= 4 is 21.9 Å². The lowest BCUT2D eigenvalue weighted by molar-refractivity contribution is 1.15. The second kappa shape index (κ2) is 15.6. The Morgan fingerprint density at radius 3 is 1.18 bits per heavy atom. The molecule has 0 aliphatic carbocycles. The first-order chi connectivity index (χ1) is 30.2. The third-order valence-electron chi connectivity index (χ3n) is 11.6. The summed E-state index contributed by atoms with van der Waals surface area (Å²) in [5.41, 5.74) is 18.7. The first-order valence-corrected chi connectivity index (χ1v) is 20.7. The van der Waals surface area contributed by atoms with E-state index in [0.29, 0.717) is 5.82 Å². The number of hydrogen-bond acceptors (Lipinski definition) is 2. The lowest BCUT2D eigenvalue weighted by atomic mass is 9.95. The Morgan fingerprint density at radius 1 is 0.279 bits per heavy atom. The number of nitrogens with zero attached hydrogens (tertiary/aromatic N) is 3. The van der Waals surface area contributed by atoms with Gasteiger partial charge in [-0.1, -0.05) is 194 Å². The van der Waals surface area contributed by atoms with Crippen molar-refractivity contribution < 1.29 is 0 Å². The van der Waals surface area contributed by atoms with E-state index in [9.17, 15) is 0 Å². The van der Waals surface area contributed by atoms with Crippen LogP contribution in [0.1, 0.15) is 0 Å². The van der Waals surface area contributed by atoms with E-state index in [1.807, 2.05) is 0 Å².